The van der Waals surface area contributed by atoms with E-state index >= 15 is 0 Å². The highest BCUT2D eigenvalue weighted by Crippen LogP contribution is 2.25. The number of hydrogen-bond donors (Lipinski definition) is 0. The number of benzene rings is 2. The van der Waals surface area contributed by atoms with Crippen molar-refractivity contribution in [3.05, 3.63) is 63.7 Å². The molecule has 0 amide bonds. The first-order chi connectivity index (χ1) is 9.63. The van der Waals surface area contributed by atoms with Crippen molar-refractivity contribution < 1.29 is 4.39 Å². The van der Waals surface area contributed by atoms with E-state index in [-0.39, 0.29) is 6.54 Å². The van der Waals surface area contributed by atoms with Crippen LogP contribution in [0.15, 0.2) is 53.1 Å². The first-order valence-corrected chi connectivity index (χ1v) is 7.32. The van der Waals surface area contributed by atoms with E-state index in [1.807, 2.05) is 24.4 Å². The van der Waals surface area contributed by atoms with Crippen molar-refractivity contribution in [3.63, 3.8) is 0 Å². The van der Waals surface area contributed by atoms with Gasteiger partial charge in [-0.05, 0) is 29.8 Å². The Labute approximate surface area is 129 Å². The monoisotopic (exact) mass is 352 g/mol. The molecule has 2 aromatic carbocycles. The van der Waals surface area contributed by atoms with Crippen LogP contribution in [0.5, 0.6) is 0 Å². The van der Waals surface area contributed by atoms with Crippen molar-refractivity contribution in [2.75, 3.05) is 0 Å². The Balaban J connectivity index is 1.85. The lowest BCUT2D eigenvalue weighted by Gasteiger charge is -2.08. The van der Waals surface area contributed by atoms with E-state index in [4.69, 9.17) is 11.6 Å². The molecular weight excluding hydrogens is 343 g/mol. The Hall–Kier alpha value is -1.39. The van der Waals surface area contributed by atoms with Crippen LogP contribution in [-0.4, -0.2) is 9.78 Å². The summed E-state index contributed by atoms with van der Waals surface area (Å²) in [6, 6.07) is 12.6. The van der Waals surface area contributed by atoms with E-state index in [1.165, 1.54) is 0 Å². The Morgan fingerprint density at radius 3 is 2.65 bits per heavy atom. The number of alkyl halides is 1. The summed E-state index contributed by atoms with van der Waals surface area (Å²) in [5.74, 6) is 0. The fourth-order valence-electron chi connectivity index (χ4n) is 2.09. The zero-order valence-corrected chi connectivity index (χ0v) is 12.8. The van der Waals surface area contributed by atoms with Gasteiger partial charge in [-0.25, -0.2) is 4.39 Å². The zero-order chi connectivity index (χ0) is 14.1. The summed E-state index contributed by atoms with van der Waals surface area (Å²) in [5.41, 5.74) is 1.45. The van der Waals surface area contributed by atoms with Gasteiger partial charge in [-0.1, -0.05) is 45.7 Å². The molecular formula is C15H11BrClFN2. The maximum absolute atomic E-state index is 14.3. The average molecular weight is 354 g/mol. The molecule has 1 heterocycles. The van der Waals surface area contributed by atoms with E-state index in [2.05, 4.69) is 21.0 Å². The van der Waals surface area contributed by atoms with Gasteiger partial charge in [-0.15, -0.1) is 0 Å². The highest BCUT2D eigenvalue weighted by Gasteiger charge is 2.12. The Morgan fingerprint density at radius 2 is 1.95 bits per heavy atom. The molecule has 0 N–H and O–H groups in total. The van der Waals surface area contributed by atoms with E-state index in [0.717, 1.165) is 15.4 Å². The second-order valence-electron chi connectivity index (χ2n) is 4.54. The quantitative estimate of drug-likeness (QED) is 0.635. The third-order valence-corrected chi connectivity index (χ3v) is 4.07. The average Bonchev–Trinajstić information content (AvgIpc) is 2.83. The third kappa shape index (κ3) is 2.72. The minimum Gasteiger partial charge on any atom is -0.268 e. The van der Waals surface area contributed by atoms with Crippen LogP contribution in [0.4, 0.5) is 4.39 Å². The van der Waals surface area contributed by atoms with E-state index in [0.29, 0.717) is 10.6 Å². The maximum atomic E-state index is 14.3. The molecule has 0 saturated carbocycles. The summed E-state index contributed by atoms with van der Waals surface area (Å²) >= 11 is 9.27. The largest absolute Gasteiger partial charge is 0.268 e. The molecule has 3 aromatic rings. The van der Waals surface area contributed by atoms with Crippen molar-refractivity contribution in [2.45, 2.75) is 12.7 Å². The van der Waals surface area contributed by atoms with Crippen LogP contribution < -0.4 is 0 Å². The molecule has 0 radical (unpaired) electrons. The maximum Gasteiger partial charge on any atom is 0.145 e. The SMILES string of the molecule is F[C@H](Cn1cc2c(Br)cccc2n1)c1ccc(Cl)cc1. The van der Waals surface area contributed by atoms with E-state index < -0.39 is 6.17 Å². The van der Waals surface area contributed by atoms with Gasteiger partial charge in [0.15, 0.2) is 0 Å². The van der Waals surface area contributed by atoms with Crippen LogP contribution in [0, 0.1) is 0 Å². The van der Waals surface area contributed by atoms with Gasteiger partial charge < -0.3 is 0 Å². The molecule has 0 aliphatic heterocycles. The topological polar surface area (TPSA) is 17.8 Å². The molecule has 5 heteroatoms. The number of fused-ring (bicyclic) bond motifs is 1. The first-order valence-electron chi connectivity index (χ1n) is 6.15. The number of hydrogen-bond acceptors (Lipinski definition) is 1. The van der Waals surface area contributed by atoms with Crippen molar-refractivity contribution in [1.29, 1.82) is 0 Å². The Bertz CT molecular complexity index is 739. The molecule has 0 fully saturated rings. The summed E-state index contributed by atoms with van der Waals surface area (Å²) in [6.45, 7) is 0.183. The predicted molar refractivity (Wildman–Crippen MR) is 82.7 cm³/mol. The lowest BCUT2D eigenvalue weighted by atomic mass is 10.1. The molecule has 1 atom stereocenters. The van der Waals surface area contributed by atoms with Crippen molar-refractivity contribution in [1.82, 2.24) is 9.78 Å². The van der Waals surface area contributed by atoms with Gasteiger partial charge in [-0.3, -0.25) is 4.68 Å². The summed E-state index contributed by atoms with van der Waals surface area (Å²) < 4.78 is 16.9. The molecule has 0 unspecified atom stereocenters. The summed E-state index contributed by atoms with van der Waals surface area (Å²) in [5, 5.41) is 5.97. The predicted octanol–water partition coefficient (Wildman–Crippen LogP) is 5.16. The second-order valence-corrected chi connectivity index (χ2v) is 5.83. The Morgan fingerprint density at radius 1 is 1.20 bits per heavy atom. The fraction of sp³-hybridized carbons (Fsp3) is 0.133. The van der Waals surface area contributed by atoms with Gasteiger partial charge in [0.1, 0.15) is 6.17 Å². The van der Waals surface area contributed by atoms with Gasteiger partial charge in [0.2, 0.25) is 0 Å². The van der Waals surface area contributed by atoms with Gasteiger partial charge in [0, 0.05) is 21.1 Å². The van der Waals surface area contributed by atoms with Crippen LogP contribution >= 0.6 is 27.5 Å². The number of rotatable bonds is 3. The molecule has 2 nitrogen and oxygen atoms in total. The molecule has 0 saturated heterocycles. The highest BCUT2D eigenvalue weighted by molar-refractivity contribution is 9.10. The van der Waals surface area contributed by atoms with Crippen molar-refractivity contribution in [3.8, 4) is 0 Å². The van der Waals surface area contributed by atoms with Crippen LogP contribution in [0.2, 0.25) is 5.02 Å². The fourth-order valence-corrected chi connectivity index (χ4v) is 2.68. The van der Waals surface area contributed by atoms with Crippen LogP contribution in [0.3, 0.4) is 0 Å². The summed E-state index contributed by atoms with van der Waals surface area (Å²) in [4.78, 5) is 0. The zero-order valence-electron chi connectivity index (χ0n) is 10.4. The minimum absolute atomic E-state index is 0.183. The molecule has 3 rings (SSSR count). The lowest BCUT2D eigenvalue weighted by Crippen LogP contribution is -2.05. The molecule has 102 valence electrons. The van der Waals surface area contributed by atoms with Crippen molar-refractivity contribution >= 4 is 38.4 Å². The summed E-state index contributed by atoms with van der Waals surface area (Å²) in [7, 11) is 0. The smallest absolute Gasteiger partial charge is 0.145 e. The van der Waals surface area contributed by atoms with Crippen LogP contribution in [-0.2, 0) is 6.54 Å². The molecule has 0 aliphatic carbocycles. The lowest BCUT2D eigenvalue weighted by molar-refractivity contribution is 0.293. The highest BCUT2D eigenvalue weighted by atomic mass is 79.9. The molecule has 0 spiro atoms. The molecule has 0 aliphatic rings. The van der Waals surface area contributed by atoms with E-state index in [9.17, 15) is 4.39 Å². The molecule has 20 heavy (non-hydrogen) atoms. The number of halogens is 3. The number of nitrogens with zero attached hydrogens (tertiary/aromatic N) is 2. The normalized spacial score (nSPS) is 12.8. The van der Waals surface area contributed by atoms with Gasteiger partial charge in [-0.2, -0.15) is 5.10 Å². The standard InChI is InChI=1S/C15H11BrClFN2/c16-13-2-1-3-15-12(13)8-20(19-15)9-14(18)10-4-6-11(17)7-5-10/h1-8,14H,9H2/t14-/m1/s1. The van der Waals surface area contributed by atoms with Gasteiger partial charge in [0.05, 0.1) is 12.1 Å². The first kappa shape index (κ1) is 13.6. The van der Waals surface area contributed by atoms with E-state index in [1.54, 1.807) is 28.9 Å². The third-order valence-electron chi connectivity index (χ3n) is 3.12. The van der Waals surface area contributed by atoms with Gasteiger partial charge >= 0.3 is 0 Å². The molecule has 1 aromatic heterocycles. The summed E-state index contributed by atoms with van der Waals surface area (Å²) in [6.07, 6.45) is 0.738. The van der Waals surface area contributed by atoms with Crippen molar-refractivity contribution in [2.24, 2.45) is 0 Å². The van der Waals surface area contributed by atoms with Crippen LogP contribution in [0.1, 0.15) is 11.7 Å². The molecule has 0 bridgehead atoms. The van der Waals surface area contributed by atoms with Crippen LogP contribution in [0.25, 0.3) is 10.9 Å². The number of aromatic nitrogens is 2. The Kier molecular flexibility index (Phi) is 3.76. The minimum atomic E-state index is -1.11. The second kappa shape index (κ2) is 5.54. The van der Waals surface area contributed by atoms with Gasteiger partial charge in [0.25, 0.3) is 0 Å².